The number of nitrogen functional groups attached to an aromatic ring is 1. The quantitative estimate of drug-likeness (QED) is 0.526. The molecule has 0 atom stereocenters. The molecule has 0 heterocycles. The number of para-hydroxylation sites is 1. The highest BCUT2D eigenvalue weighted by atomic mass is 16.5. The lowest BCUT2D eigenvalue weighted by Gasteiger charge is -2.06. The van der Waals surface area contributed by atoms with Crippen LogP contribution in [0, 0.1) is 0 Å². The van der Waals surface area contributed by atoms with Crippen LogP contribution < -0.4 is 11.1 Å². The molecule has 0 aliphatic carbocycles. The Kier molecular flexibility index (Phi) is 5.81. The van der Waals surface area contributed by atoms with E-state index in [0.717, 1.165) is 38.2 Å². The van der Waals surface area contributed by atoms with Gasteiger partial charge in [-0.2, -0.15) is 0 Å². The van der Waals surface area contributed by atoms with Crippen LogP contribution in [0.2, 0.25) is 0 Å². The van der Waals surface area contributed by atoms with Crippen molar-refractivity contribution in [3.63, 3.8) is 0 Å². The highest BCUT2D eigenvalue weighted by Crippen LogP contribution is 2.11. The van der Waals surface area contributed by atoms with Crippen LogP contribution in [0.4, 0.5) is 5.69 Å². The molecule has 0 amide bonds. The lowest BCUT2D eigenvalue weighted by Crippen LogP contribution is -2.20. The zero-order chi connectivity index (χ0) is 10.9. The molecule has 1 aromatic carbocycles. The van der Waals surface area contributed by atoms with E-state index in [1.54, 1.807) is 7.11 Å². The molecule has 0 aromatic heterocycles. The van der Waals surface area contributed by atoms with E-state index in [0.29, 0.717) is 0 Å². The smallest absolute Gasteiger partial charge is 0.0587 e. The van der Waals surface area contributed by atoms with Crippen molar-refractivity contribution in [2.75, 3.05) is 32.5 Å². The monoisotopic (exact) mass is 208 g/mol. The summed E-state index contributed by atoms with van der Waals surface area (Å²) >= 11 is 0. The fraction of sp³-hybridized carbons (Fsp3) is 0.500. The van der Waals surface area contributed by atoms with Crippen molar-refractivity contribution >= 4 is 5.69 Å². The Morgan fingerprint density at radius 1 is 1.27 bits per heavy atom. The third-order valence-corrected chi connectivity index (χ3v) is 2.34. The number of aryl methyl sites for hydroxylation is 1. The van der Waals surface area contributed by atoms with Crippen molar-refractivity contribution in [3.8, 4) is 0 Å². The maximum atomic E-state index is 5.84. The van der Waals surface area contributed by atoms with Crippen LogP contribution in [-0.4, -0.2) is 26.8 Å². The average molecular weight is 208 g/mol. The first-order chi connectivity index (χ1) is 7.34. The summed E-state index contributed by atoms with van der Waals surface area (Å²) in [5.41, 5.74) is 7.98. The molecule has 0 unspecified atom stereocenters. The molecule has 0 aliphatic rings. The summed E-state index contributed by atoms with van der Waals surface area (Å²) in [6, 6.07) is 8.04. The summed E-state index contributed by atoms with van der Waals surface area (Å²) in [7, 11) is 1.71. The second kappa shape index (κ2) is 7.26. The summed E-state index contributed by atoms with van der Waals surface area (Å²) < 4.78 is 4.94. The van der Waals surface area contributed by atoms with Gasteiger partial charge in [0, 0.05) is 19.3 Å². The van der Waals surface area contributed by atoms with Gasteiger partial charge in [-0.1, -0.05) is 18.2 Å². The Bertz CT molecular complexity index is 276. The third-order valence-electron chi connectivity index (χ3n) is 2.34. The maximum absolute atomic E-state index is 5.84. The lowest BCUT2D eigenvalue weighted by molar-refractivity contribution is 0.199. The van der Waals surface area contributed by atoms with E-state index < -0.39 is 0 Å². The minimum absolute atomic E-state index is 0.771. The number of benzene rings is 1. The Labute approximate surface area is 91.6 Å². The molecule has 0 radical (unpaired) electrons. The number of nitrogens with two attached hydrogens (primary N) is 1. The van der Waals surface area contributed by atoms with Crippen LogP contribution >= 0.6 is 0 Å². The zero-order valence-corrected chi connectivity index (χ0v) is 9.33. The predicted molar refractivity (Wildman–Crippen MR) is 63.9 cm³/mol. The second-order valence-electron chi connectivity index (χ2n) is 3.55. The van der Waals surface area contributed by atoms with Gasteiger partial charge in [0.25, 0.3) is 0 Å². The van der Waals surface area contributed by atoms with Gasteiger partial charge in [-0.25, -0.2) is 0 Å². The SMILES string of the molecule is COCCNCCCc1ccccc1N. The number of ether oxygens (including phenoxy) is 1. The summed E-state index contributed by atoms with van der Waals surface area (Å²) in [6.45, 7) is 2.70. The minimum atomic E-state index is 0.771. The summed E-state index contributed by atoms with van der Waals surface area (Å²) in [4.78, 5) is 0. The molecule has 0 bridgehead atoms. The largest absolute Gasteiger partial charge is 0.399 e. The van der Waals surface area contributed by atoms with Crippen molar-refractivity contribution in [1.29, 1.82) is 0 Å². The second-order valence-corrected chi connectivity index (χ2v) is 3.55. The molecule has 0 saturated heterocycles. The van der Waals surface area contributed by atoms with E-state index >= 15 is 0 Å². The van der Waals surface area contributed by atoms with Crippen molar-refractivity contribution in [2.24, 2.45) is 0 Å². The van der Waals surface area contributed by atoms with Gasteiger partial charge in [-0.05, 0) is 31.0 Å². The van der Waals surface area contributed by atoms with E-state index in [1.165, 1.54) is 5.56 Å². The number of methoxy groups -OCH3 is 1. The Balaban J connectivity index is 2.12. The fourth-order valence-electron chi connectivity index (χ4n) is 1.46. The normalized spacial score (nSPS) is 10.5. The van der Waals surface area contributed by atoms with Gasteiger partial charge >= 0.3 is 0 Å². The molecule has 0 fully saturated rings. The van der Waals surface area contributed by atoms with E-state index in [4.69, 9.17) is 10.5 Å². The molecule has 3 N–H and O–H groups in total. The molecule has 15 heavy (non-hydrogen) atoms. The molecule has 0 saturated carbocycles. The third kappa shape index (κ3) is 4.81. The first-order valence-corrected chi connectivity index (χ1v) is 5.37. The Morgan fingerprint density at radius 2 is 2.07 bits per heavy atom. The Morgan fingerprint density at radius 3 is 2.80 bits per heavy atom. The van der Waals surface area contributed by atoms with E-state index in [1.807, 2.05) is 18.2 Å². The first-order valence-electron chi connectivity index (χ1n) is 5.37. The maximum Gasteiger partial charge on any atom is 0.0587 e. The van der Waals surface area contributed by atoms with Crippen LogP contribution in [0.1, 0.15) is 12.0 Å². The van der Waals surface area contributed by atoms with Crippen LogP contribution in [0.25, 0.3) is 0 Å². The van der Waals surface area contributed by atoms with E-state index in [2.05, 4.69) is 11.4 Å². The van der Waals surface area contributed by atoms with E-state index in [-0.39, 0.29) is 0 Å². The molecule has 3 nitrogen and oxygen atoms in total. The van der Waals surface area contributed by atoms with Crippen molar-refractivity contribution < 1.29 is 4.74 Å². The van der Waals surface area contributed by atoms with Crippen LogP contribution in [-0.2, 0) is 11.2 Å². The van der Waals surface area contributed by atoms with Gasteiger partial charge in [0.1, 0.15) is 0 Å². The van der Waals surface area contributed by atoms with Gasteiger partial charge in [0.2, 0.25) is 0 Å². The summed E-state index contributed by atoms with van der Waals surface area (Å²) in [6.07, 6.45) is 2.14. The molecule has 1 rings (SSSR count). The molecule has 3 heteroatoms. The number of hydrogen-bond acceptors (Lipinski definition) is 3. The van der Waals surface area contributed by atoms with Crippen LogP contribution in [0.15, 0.2) is 24.3 Å². The number of anilines is 1. The van der Waals surface area contributed by atoms with Gasteiger partial charge in [0.05, 0.1) is 6.61 Å². The first kappa shape index (κ1) is 12.0. The van der Waals surface area contributed by atoms with Gasteiger partial charge in [0.15, 0.2) is 0 Å². The van der Waals surface area contributed by atoms with Gasteiger partial charge in [-0.3, -0.25) is 0 Å². The standard InChI is InChI=1S/C12H20N2O/c1-15-10-9-14-8-4-6-11-5-2-3-7-12(11)13/h2-3,5,7,14H,4,6,8-10,13H2,1H3. The highest BCUT2D eigenvalue weighted by molar-refractivity contribution is 5.46. The van der Waals surface area contributed by atoms with Crippen molar-refractivity contribution in [3.05, 3.63) is 29.8 Å². The molecule has 0 spiro atoms. The fourth-order valence-corrected chi connectivity index (χ4v) is 1.46. The van der Waals surface area contributed by atoms with Crippen LogP contribution in [0.3, 0.4) is 0 Å². The van der Waals surface area contributed by atoms with Crippen molar-refractivity contribution in [2.45, 2.75) is 12.8 Å². The summed E-state index contributed by atoms with van der Waals surface area (Å²) in [5.74, 6) is 0. The highest BCUT2D eigenvalue weighted by Gasteiger charge is 1.96. The number of hydrogen-bond donors (Lipinski definition) is 2. The Hall–Kier alpha value is -1.06. The molecular formula is C12H20N2O. The summed E-state index contributed by atoms with van der Waals surface area (Å²) in [5, 5.41) is 3.31. The molecule has 1 aromatic rings. The van der Waals surface area contributed by atoms with E-state index in [9.17, 15) is 0 Å². The van der Waals surface area contributed by atoms with Gasteiger partial charge < -0.3 is 15.8 Å². The van der Waals surface area contributed by atoms with Gasteiger partial charge in [-0.15, -0.1) is 0 Å². The molecular weight excluding hydrogens is 188 g/mol. The zero-order valence-electron chi connectivity index (χ0n) is 9.33. The predicted octanol–water partition coefficient (Wildman–Crippen LogP) is 1.44. The van der Waals surface area contributed by atoms with Crippen LogP contribution in [0.5, 0.6) is 0 Å². The average Bonchev–Trinajstić information content (AvgIpc) is 2.25. The molecule has 0 aliphatic heterocycles. The molecule has 84 valence electrons. The minimum Gasteiger partial charge on any atom is -0.399 e. The number of nitrogens with one attached hydrogen (secondary N) is 1. The number of rotatable bonds is 7. The topological polar surface area (TPSA) is 47.3 Å². The van der Waals surface area contributed by atoms with Crippen molar-refractivity contribution in [1.82, 2.24) is 5.32 Å². The lowest BCUT2D eigenvalue weighted by atomic mass is 10.1.